The summed E-state index contributed by atoms with van der Waals surface area (Å²) in [5, 5.41) is 9.73. The average Bonchev–Trinajstić information content (AvgIpc) is 2.94. The lowest BCUT2D eigenvalue weighted by Gasteiger charge is -2.08. The van der Waals surface area contributed by atoms with Crippen LogP contribution in [-0.2, 0) is 7.05 Å². The van der Waals surface area contributed by atoms with Gasteiger partial charge in [-0.1, -0.05) is 51.9 Å². The monoisotopic (exact) mass is 409 g/mol. The Morgan fingerprint density at radius 1 is 0.889 bits per heavy atom. The Balaban J connectivity index is 0. The standard InChI is InChI=1S/C15H29N2O2.2CHF3/c1-3-4-5-6-7-8-9-10-11-15(18)19-17-13-12-16(2)14-17;2*2-1(3)4/h12-15,18H,3-11H2,1-2H3;2*1H/q+1;;. The number of alkyl halides is 6. The Bertz CT molecular complexity index is 410. The summed E-state index contributed by atoms with van der Waals surface area (Å²) in [6.45, 7) is -5.09. The Labute approximate surface area is 156 Å². The van der Waals surface area contributed by atoms with Gasteiger partial charge in [-0.2, -0.15) is 26.3 Å². The molecule has 4 nitrogen and oxygen atoms in total. The molecule has 1 aromatic rings. The minimum Gasteiger partial charge on any atom is -0.355 e. The fraction of sp³-hybridized carbons (Fsp3) is 0.824. The maximum absolute atomic E-state index is 9.73. The number of aliphatic hydroxyl groups excluding tert-OH is 1. The highest BCUT2D eigenvalue weighted by atomic mass is 19.4. The number of halogens is 6. The van der Waals surface area contributed by atoms with E-state index in [0.29, 0.717) is 6.42 Å². The van der Waals surface area contributed by atoms with Gasteiger partial charge in [0.15, 0.2) is 6.20 Å². The number of aromatic nitrogens is 2. The van der Waals surface area contributed by atoms with Gasteiger partial charge in [0.2, 0.25) is 6.29 Å². The summed E-state index contributed by atoms with van der Waals surface area (Å²) in [5.74, 6) is 0. The van der Waals surface area contributed by atoms with Gasteiger partial charge in [-0.25, -0.2) is 4.57 Å². The fourth-order valence-electron chi connectivity index (χ4n) is 2.14. The predicted molar refractivity (Wildman–Crippen MR) is 89.6 cm³/mol. The molecule has 1 heterocycles. The Kier molecular flexibility index (Phi) is 19.9. The maximum Gasteiger partial charge on any atom is 0.379 e. The molecule has 0 spiro atoms. The summed E-state index contributed by atoms with van der Waals surface area (Å²) in [5.41, 5.74) is 0. The molecule has 1 unspecified atom stereocenters. The van der Waals surface area contributed by atoms with Crippen LogP contribution in [0, 0.1) is 0 Å². The lowest BCUT2D eigenvalue weighted by Crippen LogP contribution is -2.28. The molecule has 1 atom stereocenters. The van der Waals surface area contributed by atoms with Crippen LogP contribution in [0.25, 0.3) is 0 Å². The molecule has 1 aromatic heterocycles. The first-order chi connectivity index (χ1) is 12.7. The van der Waals surface area contributed by atoms with Crippen LogP contribution in [0.1, 0.15) is 64.7 Å². The third-order valence-electron chi connectivity index (χ3n) is 3.29. The van der Waals surface area contributed by atoms with E-state index in [1.807, 2.05) is 17.8 Å². The second-order valence-corrected chi connectivity index (χ2v) is 5.76. The summed E-state index contributed by atoms with van der Waals surface area (Å²) in [6.07, 6.45) is 15.7. The van der Waals surface area contributed by atoms with E-state index < -0.39 is 19.6 Å². The second kappa shape index (κ2) is 19.3. The molecule has 0 aliphatic rings. The number of rotatable bonds is 11. The van der Waals surface area contributed by atoms with Crippen molar-refractivity contribution in [3.05, 3.63) is 18.7 Å². The molecular formula is C17H31F6N2O2+. The first kappa shape index (κ1) is 27.8. The molecule has 0 bridgehead atoms. The first-order valence-corrected chi connectivity index (χ1v) is 8.91. The van der Waals surface area contributed by atoms with Gasteiger partial charge in [0.05, 0.1) is 7.05 Å². The smallest absolute Gasteiger partial charge is 0.355 e. The minimum atomic E-state index is -3.67. The molecule has 0 fully saturated rings. The first-order valence-electron chi connectivity index (χ1n) is 8.91. The Morgan fingerprint density at radius 2 is 1.33 bits per heavy atom. The molecule has 0 aliphatic carbocycles. The van der Waals surface area contributed by atoms with Gasteiger partial charge in [-0.05, 0) is 11.2 Å². The Hall–Kier alpha value is -1.45. The van der Waals surface area contributed by atoms with Crippen molar-refractivity contribution in [2.75, 3.05) is 0 Å². The van der Waals surface area contributed by atoms with Crippen LogP contribution in [0.2, 0.25) is 0 Å². The topological polar surface area (TPSA) is 38.3 Å². The van der Waals surface area contributed by atoms with E-state index in [2.05, 4.69) is 6.92 Å². The van der Waals surface area contributed by atoms with Crippen LogP contribution in [0.5, 0.6) is 0 Å². The van der Waals surface area contributed by atoms with Crippen molar-refractivity contribution in [2.24, 2.45) is 7.05 Å². The van der Waals surface area contributed by atoms with E-state index in [-0.39, 0.29) is 0 Å². The molecule has 27 heavy (non-hydrogen) atoms. The number of nitrogens with zero attached hydrogens (tertiary/aromatic N) is 2. The third kappa shape index (κ3) is 26.9. The molecule has 1 N–H and O–H groups in total. The van der Waals surface area contributed by atoms with E-state index in [1.54, 1.807) is 17.3 Å². The summed E-state index contributed by atoms with van der Waals surface area (Å²) in [7, 11) is 1.92. The highest BCUT2D eigenvalue weighted by molar-refractivity contribution is 4.61. The molecule has 0 radical (unpaired) electrons. The highest BCUT2D eigenvalue weighted by Crippen LogP contribution is 2.10. The van der Waals surface area contributed by atoms with Crippen molar-refractivity contribution in [1.29, 1.82) is 0 Å². The predicted octanol–water partition coefficient (Wildman–Crippen LogP) is 4.95. The second-order valence-electron chi connectivity index (χ2n) is 5.76. The van der Waals surface area contributed by atoms with Gasteiger partial charge < -0.3 is 9.94 Å². The van der Waals surface area contributed by atoms with E-state index in [4.69, 9.17) is 4.84 Å². The minimum absolute atomic E-state index is 0.701. The average molecular weight is 409 g/mol. The normalized spacial score (nSPS) is 11.5. The van der Waals surface area contributed by atoms with Crippen LogP contribution >= 0.6 is 0 Å². The van der Waals surface area contributed by atoms with Gasteiger partial charge in [-0.15, -0.1) is 0 Å². The molecule has 10 heteroatoms. The van der Waals surface area contributed by atoms with E-state index in [1.165, 1.54) is 44.9 Å². The molecule has 162 valence electrons. The number of hydrogen-bond donors (Lipinski definition) is 1. The number of imidazole rings is 1. The van der Waals surface area contributed by atoms with Crippen LogP contribution in [0.4, 0.5) is 26.3 Å². The number of unbranched alkanes of at least 4 members (excludes halogenated alkanes) is 7. The molecule has 0 aliphatic heterocycles. The highest BCUT2D eigenvalue weighted by Gasteiger charge is 2.09. The van der Waals surface area contributed by atoms with Gasteiger partial charge in [0.25, 0.3) is 6.33 Å². The van der Waals surface area contributed by atoms with E-state index in [9.17, 15) is 31.4 Å². The molecular weight excluding hydrogens is 378 g/mol. The lowest BCUT2D eigenvalue weighted by molar-refractivity contribution is -0.672. The van der Waals surface area contributed by atoms with Gasteiger partial charge >= 0.3 is 13.4 Å². The van der Waals surface area contributed by atoms with Crippen molar-refractivity contribution in [3.63, 3.8) is 0 Å². The molecule has 0 aromatic carbocycles. The number of aliphatic hydroxyl groups is 1. The zero-order valence-electron chi connectivity index (χ0n) is 15.8. The van der Waals surface area contributed by atoms with Crippen molar-refractivity contribution >= 4 is 0 Å². The van der Waals surface area contributed by atoms with Crippen molar-refractivity contribution in [1.82, 2.24) is 4.73 Å². The third-order valence-corrected chi connectivity index (χ3v) is 3.29. The van der Waals surface area contributed by atoms with Crippen LogP contribution < -0.4 is 9.40 Å². The van der Waals surface area contributed by atoms with Gasteiger partial charge in [-0.3, -0.25) is 0 Å². The molecule has 0 saturated carbocycles. The van der Waals surface area contributed by atoms with Crippen molar-refractivity contribution < 1.29 is 40.9 Å². The quantitative estimate of drug-likeness (QED) is 0.243. The van der Waals surface area contributed by atoms with E-state index >= 15 is 0 Å². The number of aryl methyl sites for hydroxylation is 1. The summed E-state index contributed by atoms with van der Waals surface area (Å²) < 4.78 is 61.4. The SMILES string of the molecule is CCCCCCCCCCC(O)On1cc[n+](C)c1.FC(F)F.FC(F)F. The molecule has 1 rings (SSSR count). The van der Waals surface area contributed by atoms with Crippen LogP contribution in [-0.4, -0.2) is 29.5 Å². The van der Waals surface area contributed by atoms with E-state index in [0.717, 1.165) is 6.42 Å². The summed E-state index contributed by atoms with van der Waals surface area (Å²) in [6, 6.07) is 0. The Morgan fingerprint density at radius 3 is 1.74 bits per heavy atom. The number of hydrogen-bond acceptors (Lipinski definition) is 2. The summed E-state index contributed by atoms with van der Waals surface area (Å²) in [4.78, 5) is 5.35. The maximum atomic E-state index is 9.73. The van der Waals surface area contributed by atoms with Gasteiger partial charge in [0.1, 0.15) is 6.20 Å². The van der Waals surface area contributed by atoms with Crippen molar-refractivity contribution in [2.45, 2.75) is 84.4 Å². The molecule has 0 saturated heterocycles. The van der Waals surface area contributed by atoms with Gasteiger partial charge in [0, 0.05) is 6.42 Å². The fourth-order valence-corrected chi connectivity index (χ4v) is 2.14. The largest absolute Gasteiger partial charge is 0.379 e. The summed E-state index contributed by atoms with van der Waals surface area (Å²) >= 11 is 0. The van der Waals surface area contributed by atoms with Crippen LogP contribution in [0.15, 0.2) is 18.7 Å². The zero-order valence-corrected chi connectivity index (χ0v) is 15.8. The zero-order chi connectivity index (χ0) is 21.1. The molecule has 0 amide bonds. The van der Waals surface area contributed by atoms with Crippen LogP contribution in [0.3, 0.4) is 0 Å². The van der Waals surface area contributed by atoms with Crippen molar-refractivity contribution in [3.8, 4) is 0 Å². The lowest BCUT2D eigenvalue weighted by atomic mass is 10.1.